The second-order valence-corrected chi connectivity index (χ2v) is 6.47. The molecule has 1 aromatic rings. The SMILES string of the molecule is CC(C)C(NC(=O)C(C)(C)CCl)c1ccc(Cl)cc1. The van der Waals surface area contributed by atoms with E-state index in [-0.39, 0.29) is 17.9 Å². The molecule has 0 saturated heterocycles. The Bertz CT molecular complexity index is 426. The van der Waals surface area contributed by atoms with Gasteiger partial charge in [0.25, 0.3) is 0 Å². The zero-order valence-electron chi connectivity index (χ0n) is 11.8. The molecule has 1 amide bonds. The van der Waals surface area contributed by atoms with Crippen molar-refractivity contribution in [2.24, 2.45) is 11.3 Å². The molecule has 0 bridgehead atoms. The fourth-order valence-corrected chi connectivity index (χ4v) is 1.95. The van der Waals surface area contributed by atoms with Crippen LogP contribution in [0.4, 0.5) is 0 Å². The number of carbonyl (C=O) groups excluding carboxylic acids is 1. The summed E-state index contributed by atoms with van der Waals surface area (Å²) in [6, 6.07) is 7.53. The average Bonchev–Trinajstić information content (AvgIpc) is 2.36. The molecule has 0 fully saturated rings. The molecule has 0 spiro atoms. The van der Waals surface area contributed by atoms with Crippen molar-refractivity contribution in [1.29, 1.82) is 0 Å². The van der Waals surface area contributed by atoms with Gasteiger partial charge in [0, 0.05) is 10.9 Å². The molecule has 1 N–H and O–H groups in total. The Morgan fingerprint density at radius 1 is 1.26 bits per heavy atom. The minimum atomic E-state index is -0.568. The minimum absolute atomic E-state index is 0.0313. The molecule has 0 aliphatic carbocycles. The number of rotatable bonds is 5. The van der Waals surface area contributed by atoms with E-state index >= 15 is 0 Å². The number of halogens is 2. The molecule has 106 valence electrons. The maximum atomic E-state index is 12.2. The highest BCUT2D eigenvalue weighted by Crippen LogP contribution is 2.26. The van der Waals surface area contributed by atoms with Crippen molar-refractivity contribution in [2.45, 2.75) is 33.7 Å². The molecular formula is C15H21Cl2NO. The molecule has 19 heavy (non-hydrogen) atoms. The molecule has 0 radical (unpaired) electrons. The van der Waals surface area contributed by atoms with Crippen molar-refractivity contribution in [3.8, 4) is 0 Å². The molecule has 0 aliphatic rings. The summed E-state index contributed by atoms with van der Waals surface area (Å²) in [6.45, 7) is 7.84. The van der Waals surface area contributed by atoms with E-state index < -0.39 is 5.41 Å². The fourth-order valence-electron chi connectivity index (χ4n) is 1.70. The van der Waals surface area contributed by atoms with E-state index in [0.29, 0.717) is 10.9 Å². The van der Waals surface area contributed by atoms with Crippen LogP contribution in [0.3, 0.4) is 0 Å². The van der Waals surface area contributed by atoms with E-state index in [2.05, 4.69) is 19.2 Å². The van der Waals surface area contributed by atoms with Crippen molar-refractivity contribution in [2.75, 3.05) is 5.88 Å². The smallest absolute Gasteiger partial charge is 0.227 e. The summed E-state index contributed by atoms with van der Waals surface area (Å²) in [5.74, 6) is 0.553. The van der Waals surface area contributed by atoms with Gasteiger partial charge < -0.3 is 5.32 Å². The molecule has 2 nitrogen and oxygen atoms in total. The number of benzene rings is 1. The second kappa shape index (κ2) is 6.62. The van der Waals surface area contributed by atoms with Crippen LogP contribution in [0.5, 0.6) is 0 Å². The van der Waals surface area contributed by atoms with Crippen molar-refractivity contribution >= 4 is 29.1 Å². The third-order valence-electron chi connectivity index (χ3n) is 3.13. The van der Waals surface area contributed by atoms with Gasteiger partial charge in [-0.3, -0.25) is 4.79 Å². The van der Waals surface area contributed by atoms with Crippen LogP contribution in [0.1, 0.15) is 39.3 Å². The van der Waals surface area contributed by atoms with Gasteiger partial charge in [-0.15, -0.1) is 11.6 Å². The van der Waals surface area contributed by atoms with Crippen molar-refractivity contribution < 1.29 is 4.79 Å². The Kier molecular flexibility index (Phi) is 5.69. The number of hydrogen-bond acceptors (Lipinski definition) is 1. The summed E-state index contributed by atoms with van der Waals surface area (Å²) in [6.07, 6.45) is 0. The third kappa shape index (κ3) is 4.39. The molecule has 0 aliphatic heterocycles. The second-order valence-electron chi connectivity index (χ2n) is 5.76. The van der Waals surface area contributed by atoms with Crippen LogP contribution in [0.15, 0.2) is 24.3 Å². The number of amides is 1. The predicted octanol–water partition coefficient (Wildman–Crippen LogP) is 4.42. The molecule has 1 rings (SSSR count). The molecule has 1 aromatic carbocycles. The van der Waals surface area contributed by atoms with Gasteiger partial charge in [0.1, 0.15) is 0 Å². The van der Waals surface area contributed by atoms with Gasteiger partial charge in [-0.2, -0.15) is 0 Å². The summed E-state index contributed by atoms with van der Waals surface area (Å²) in [4.78, 5) is 12.2. The lowest BCUT2D eigenvalue weighted by Crippen LogP contribution is -2.41. The summed E-state index contributed by atoms with van der Waals surface area (Å²) < 4.78 is 0. The molecular weight excluding hydrogens is 281 g/mol. The molecule has 1 unspecified atom stereocenters. The number of nitrogens with one attached hydrogen (secondary N) is 1. The maximum Gasteiger partial charge on any atom is 0.227 e. The van der Waals surface area contributed by atoms with Crippen LogP contribution < -0.4 is 5.32 Å². The quantitative estimate of drug-likeness (QED) is 0.802. The van der Waals surface area contributed by atoms with Gasteiger partial charge in [-0.1, -0.05) is 37.6 Å². The van der Waals surface area contributed by atoms with Gasteiger partial charge in [-0.25, -0.2) is 0 Å². The van der Waals surface area contributed by atoms with E-state index in [1.165, 1.54) is 0 Å². The van der Waals surface area contributed by atoms with E-state index in [1.807, 2.05) is 38.1 Å². The van der Waals surface area contributed by atoms with Crippen LogP contribution >= 0.6 is 23.2 Å². The first-order valence-corrected chi connectivity index (χ1v) is 7.31. The van der Waals surface area contributed by atoms with E-state index in [9.17, 15) is 4.79 Å². The predicted molar refractivity (Wildman–Crippen MR) is 81.7 cm³/mol. The van der Waals surface area contributed by atoms with Crippen molar-refractivity contribution in [1.82, 2.24) is 5.32 Å². The lowest BCUT2D eigenvalue weighted by molar-refractivity contribution is -0.129. The summed E-state index contributed by atoms with van der Waals surface area (Å²) in [7, 11) is 0. The van der Waals surface area contributed by atoms with Gasteiger partial charge in [0.2, 0.25) is 5.91 Å². The van der Waals surface area contributed by atoms with Crippen LogP contribution in [0, 0.1) is 11.3 Å². The van der Waals surface area contributed by atoms with Gasteiger partial charge >= 0.3 is 0 Å². The van der Waals surface area contributed by atoms with E-state index in [0.717, 1.165) is 5.56 Å². The highest BCUT2D eigenvalue weighted by atomic mass is 35.5. The zero-order chi connectivity index (χ0) is 14.6. The average molecular weight is 302 g/mol. The minimum Gasteiger partial charge on any atom is -0.349 e. The molecule has 1 atom stereocenters. The van der Waals surface area contributed by atoms with E-state index in [4.69, 9.17) is 23.2 Å². The Hall–Kier alpha value is -0.730. The lowest BCUT2D eigenvalue weighted by Gasteiger charge is -2.28. The Morgan fingerprint density at radius 3 is 2.21 bits per heavy atom. The fraction of sp³-hybridized carbons (Fsp3) is 0.533. The van der Waals surface area contributed by atoms with Crippen LogP contribution in [0.25, 0.3) is 0 Å². The lowest BCUT2D eigenvalue weighted by atomic mass is 9.91. The standard InChI is InChI=1S/C15H21Cl2NO/c1-10(2)13(11-5-7-12(17)8-6-11)18-14(19)15(3,4)9-16/h5-8,10,13H,9H2,1-4H3,(H,18,19). The molecule has 0 aromatic heterocycles. The van der Waals surface area contributed by atoms with Gasteiger partial charge in [-0.05, 0) is 37.5 Å². The Balaban J connectivity index is 2.91. The first-order chi connectivity index (χ1) is 8.77. The molecule has 0 saturated carbocycles. The first kappa shape index (κ1) is 16.3. The summed E-state index contributed by atoms with van der Waals surface area (Å²) in [5.41, 5.74) is 0.485. The van der Waals surface area contributed by atoms with E-state index in [1.54, 1.807) is 0 Å². The maximum absolute atomic E-state index is 12.2. The van der Waals surface area contributed by atoms with Crippen LogP contribution in [-0.2, 0) is 4.79 Å². The largest absolute Gasteiger partial charge is 0.349 e. The number of hydrogen-bond donors (Lipinski definition) is 1. The normalized spacial score (nSPS) is 13.4. The first-order valence-electron chi connectivity index (χ1n) is 6.40. The van der Waals surface area contributed by atoms with Crippen molar-refractivity contribution in [3.63, 3.8) is 0 Å². The number of alkyl halides is 1. The number of carbonyl (C=O) groups is 1. The van der Waals surface area contributed by atoms with Crippen molar-refractivity contribution in [3.05, 3.63) is 34.9 Å². The molecule has 4 heteroatoms. The van der Waals surface area contributed by atoms with Crippen LogP contribution in [-0.4, -0.2) is 11.8 Å². The van der Waals surface area contributed by atoms with Crippen LogP contribution in [0.2, 0.25) is 5.02 Å². The third-order valence-corrected chi connectivity index (χ3v) is 4.05. The topological polar surface area (TPSA) is 29.1 Å². The highest BCUT2D eigenvalue weighted by molar-refractivity contribution is 6.30. The Labute approximate surface area is 125 Å². The van der Waals surface area contributed by atoms with Gasteiger partial charge in [0.15, 0.2) is 0 Å². The zero-order valence-corrected chi connectivity index (χ0v) is 13.3. The molecule has 0 heterocycles. The van der Waals surface area contributed by atoms with Gasteiger partial charge in [0.05, 0.1) is 11.5 Å². The Morgan fingerprint density at radius 2 is 1.79 bits per heavy atom. The monoisotopic (exact) mass is 301 g/mol. The highest BCUT2D eigenvalue weighted by Gasteiger charge is 2.29. The summed E-state index contributed by atoms with van der Waals surface area (Å²) >= 11 is 11.7. The summed E-state index contributed by atoms with van der Waals surface area (Å²) in [5, 5.41) is 3.77.